The summed E-state index contributed by atoms with van der Waals surface area (Å²) in [7, 11) is 0. The zero-order chi connectivity index (χ0) is 23.7. The van der Waals surface area contributed by atoms with Gasteiger partial charge in [0.05, 0.1) is 22.9 Å². The van der Waals surface area contributed by atoms with E-state index in [2.05, 4.69) is 0 Å². The van der Waals surface area contributed by atoms with Crippen molar-refractivity contribution in [1.82, 2.24) is 4.90 Å². The second kappa shape index (κ2) is 10.9. The summed E-state index contributed by atoms with van der Waals surface area (Å²) in [6.45, 7) is 5.91. The molecule has 0 radical (unpaired) electrons. The van der Waals surface area contributed by atoms with E-state index < -0.39 is 21.5 Å². The Morgan fingerprint density at radius 3 is 1.50 bits per heavy atom. The van der Waals surface area contributed by atoms with Gasteiger partial charge in [0, 0.05) is 24.3 Å². The molecule has 11 nitrogen and oxygen atoms in total. The fourth-order valence-electron chi connectivity index (χ4n) is 2.50. The molecule has 0 aliphatic heterocycles. The molecular formula is C21H25N3O8. The molecule has 32 heavy (non-hydrogen) atoms. The first-order valence-corrected chi connectivity index (χ1v) is 9.77. The van der Waals surface area contributed by atoms with E-state index in [0.717, 1.165) is 0 Å². The highest BCUT2D eigenvalue weighted by atomic mass is 16.6. The smallest absolute Gasteiger partial charge is 0.410 e. The van der Waals surface area contributed by atoms with Crippen LogP contribution in [0.25, 0.3) is 0 Å². The molecule has 2 aromatic carbocycles. The number of rotatable bonds is 10. The first-order chi connectivity index (χ1) is 15.0. The van der Waals surface area contributed by atoms with Crippen molar-refractivity contribution in [3.05, 3.63) is 68.8 Å². The second-order valence-corrected chi connectivity index (χ2v) is 7.67. The number of nitro groups is 2. The van der Waals surface area contributed by atoms with Crippen LogP contribution in [0.5, 0.6) is 11.5 Å². The fraction of sp³-hybridized carbons (Fsp3) is 0.381. The maximum Gasteiger partial charge on any atom is 0.410 e. The highest BCUT2D eigenvalue weighted by Gasteiger charge is 2.22. The number of non-ortho nitro benzene ring substituents is 2. The lowest BCUT2D eigenvalue weighted by Crippen LogP contribution is -2.41. The Hall–Kier alpha value is -3.89. The minimum absolute atomic E-state index is 0.0453. The average molecular weight is 447 g/mol. The van der Waals surface area contributed by atoms with Crippen LogP contribution >= 0.6 is 0 Å². The van der Waals surface area contributed by atoms with E-state index in [1.807, 2.05) is 0 Å². The van der Waals surface area contributed by atoms with E-state index in [1.54, 1.807) is 20.8 Å². The number of amides is 1. The van der Waals surface area contributed by atoms with Crippen LogP contribution in [-0.4, -0.2) is 52.7 Å². The summed E-state index contributed by atoms with van der Waals surface area (Å²) in [6.07, 6.45) is -0.544. The highest BCUT2D eigenvalue weighted by molar-refractivity contribution is 5.68. The third kappa shape index (κ3) is 8.09. The van der Waals surface area contributed by atoms with Gasteiger partial charge >= 0.3 is 6.09 Å². The largest absolute Gasteiger partial charge is 0.492 e. The maximum absolute atomic E-state index is 12.5. The van der Waals surface area contributed by atoms with Crippen molar-refractivity contribution in [3.8, 4) is 11.5 Å². The number of benzene rings is 2. The molecule has 0 bridgehead atoms. The topological polar surface area (TPSA) is 134 Å². The molecular weight excluding hydrogens is 422 g/mol. The van der Waals surface area contributed by atoms with Gasteiger partial charge in [-0.1, -0.05) is 0 Å². The van der Waals surface area contributed by atoms with Crippen molar-refractivity contribution in [2.75, 3.05) is 26.3 Å². The van der Waals surface area contributed by atoms with Crippen molar-refractivity contribution < 1.29 is 28.9 Å². The van der Waals surface area contributed by atoms with E-state index in [1.165, 1.54) is 53.4 Å². The van der Waals surface area contributed by atoms with Gasteiger partial charge in [-0.05, 0) is 45.0 Å². The molecule has 0 spiro atoms. The second-order valence-electron chi connectivity index (χ2n) is 7.67. The van der Waals surface area contributed by atoms with Crippen molar-refractivity contribution >= 4 is 17.5 Å². The Morgan fingerprint density at radius 2 is 1.19 bits per heavy atom. The normalized spacial score (nSPS) is 10.8. The molecule has 2 aromatic rings. The lowest BCUT2D eigenvalue weighted by Gasteiger charge is -2.27. The zero-order valence-corrected chi connectivity index (χ0v) is 18.1. The summed E-state index contributed by atoms with van der Waals surface area (Å²) in [4.78, 5) is 34.4. The summed E-state index contributed by atoms with van der Waals surface area (Å²) >= 11 is 0. The predicted octanol–water partition coefficient (Wildman–Crippen LogP) is 4.20. The van der Waals surface area contributed by atoms with Crippen LogP contribution in [0.15, 0.2) is 48.5 Å². The first kappa shape index (κ1) is 24.4. The summed E-state index contributed by atoms with van der Waals surface area (Å²) in [5, 5.41) is 21.4. The van der Waals surface area contributed by atoms with E-state index in [9.17, 15) is 25.0 Å². The molecule has 0 unspecified atom stereocenters. The van der Waals surface area contributed by atoms with E-state index in [4.69, 9.17) is 14.2 Å². The van der Waals surface area contributed by atoms with Gasteiger partial charge < -0.3 is 19.1 Å². The standard InChI is InChI=1S/C21H25N3O8/c1-21(2,3)32-20(25)22(12-14-30-18-8-4-16(5-9-18)23(26)27)13-15-31-19-10-6-17(7-11-19)24(28)29/h4-11H,12-15H2,1-3H3. The number of hydrogen-bond donors (Lipinski definition) is 0. The van der Waals surface area contributed by atoms with E-state index in [-0.39, 0.29) is 37.7 Å². The molecule has 0 aromatic heterocycles. The summed E-state index contributed by atoms with van der Waals surface area (Å²) < 4.78 is 16.6. The van der Waals surface area contributed by atoms with Crippen LogP contribution in [0.1, 0.15) is 20.8 Å². The summed E-state index contributed by atoms with van der Waals surface area (Å²) in [5.41, 5.74) is -0.777. The fourth-order valence-corrected chi connectivity index (χ4v) is 2.50. The van der Waals surface area contributed by atoms with Crippen LogP contribution in [0.2, 0.25) is 0 Å². The van der Waals surface area contributed by atoms with Crippen LogP contribution < -0.4 is 9.47 Å². The molecule has 0 aliphatic rings. The Morgan fingerprint density at radius 1 is 0.812 bits per heavy atom. The molecule has 11 heteroatoms. The molecule has 1 amide bonds. The Kier molecular flexibility index (Phi) is 8.33. The molecule has 0 saturated carbocycles. The lowest BCUT2D eigenvalue weighted by atomic mass is 10.2. The van der Waals surface area contributed by atoms with Gasteiger partial charge in [-0.15, -0.1) is 0 Å². The maximum atomic E-state index is 12.5. The molecule has 172 valence electrons. The molecule has 0 saturated heterocycles. The van der Waals surface area contributed by atoms with Gasteiger partial charge in [0.2, 0.25) is 0 Å². The highest BCUT2D eigenvalue weighted by Crippen LogP contribution is 2.19. The number of carbonyl (C=O) groups is 1. The summed E-state index contributed by atoms with van der Waals surface area (Å²) in [6, 6.07) is 11.2. The third-order valence-corrected chi connectivity index (χ3v) is 4.01. The van der Waals surface area contributed by atoms with Crippen molar-refractivity contribution in [1.29, 1.82) is 0 Å². The predicted molar refractivity (Wildman–Crippen MR) is 115 cm³/mol. The van der Waals surface area contributed by atoms with Crippen LogP contribution in [0, 0.1) is 20.2 Å². The number of ether oxygens (including phenoxy) is 3. The molecule has 0 fully saturated rings. The van der Waals surface area contributed by atoms with Crippen LogP contribution in [0.4, 0.5) is 16.2 Å². The van der Waals surface area contributed by atoms with Gasteiger partial charge in [-0.2, -0.15) is 0 Å². The Balaban J connectivity index is 1.92. The van der Waals surface area contributed by atoms with Crippen LogP contribution in [-0.2, 0) is 4.74 Å². The molecule has 0 N–H and O–H groups in total. The van der Waals surface area contributed by atoms with E-state index >= 15 is 0 Å². The first-order valence-electron chi connectivity index (χ1n) is 9.77. The van der Waals surface area contributed by atoms with Crippen molar-refractivity contribution in [2.24, 2.45) is 0 Å². The lowest BCUT2D eigenvalue weighted by molar-refractivity contribution is -0.385. The minimum atomic E-state index is -0.687. The number of carbonyl (C=O) groups excluding carboxylic acids is 1. The molecule has 0 aliphatic carbocycles. The quantitative estimate of drug-likeness (QED) is 0.391. The number of hydrogen-bond acceptors (Lipinski definition) is 8. The zero-order valence-electron chi connectivity index (χ0n) is 18.1. The monoisotopic (exact) mass is 447 g/mol. The van der Waals surface area contributed by atoms with Gasteiger partial charge in [0.15, 0.2) is 0 Å². The third-order valence-electron chi connectivity index (χ3n) is 4.01. The van der Waals surface area contributed by atoms with Gasteiger partial charge in [-0.25, -0.2) is 4.79 Å². The van der Waals surface area contributed by atoms with Gasteiger partial charge in [-0.3, -0.25) is 20.2 Å². The van der Waals surface area contributed by atoms with Gasteiger partial charge in [0.25, 0.3) is 11.4 Å². The average Bonchev–Trinajstić information content (AvgIpc) is 2.72. The molecule has 0 heterocycles. The SMILES string of the molecule is CC(C)(C)OC(=O)N(CCOc1ccc([N+](=O)[O-])cc1)CCOc1ccc([N+](=O)[O-])cc1. The molecule has 2 rings (SSSR count). The summed E-state index contributed by atoms with van der Waals surface area (Å²) in [5.74, 6) is 0.865. The van der Waals surface area contributed by atoms with Crippen LogP contribution in [0.3, 0.4) is 0 Å². The van der Waals surface area contributed by atoms with Gasteiger partial charge in [0.1, 0.15) is 30.3 Å². The number of nitrogens with zero attached hydrogens (tertiary/aromatic N) is 3. The van der Waals surface area contributed by atoms with E-state index in [0.29, 0.717) is 11.5 Å². The number of nitro benzene ring substituents is 2. The Bertz CT molecular complexity index is 860. The minimum Gasteiger partial charge on any atom is -0.492 e. The Labute approximate surface area is 184 Å². The van der Waals surface area contributed by atoms with Crippen molar-refractivity contribution in [2.45, 2.75) is 26.4 Å². The molecule has 0 atom stereocenters. The van der Waals surface area contributed by atoms with Crippen molar-refractivity contribution in [3.63, 3.8) is 0 Å².